The van der Waals surface area contributed by atoms with Crippen molar-refractivity contribution in [2.24, 2.45) is 11.1 Å². The third-order valence-corrected chi connectivity index (χ3v) is 4.28. The fourth-order valence-electron chi connectivity index (χ4n) is 2.75. The van der Waals surface area contributed by atoms with Crippen LogP contribution in [0.2, 0.25) is 0 Å². The zero-order valence-electron chi connectivity index (χ0n) is 13.9. The van der Waals surface area contributed by atoms with Gasteiger partial charge in [-0.25, -0.2) is 0 Å². The second-order valence-electron chi connectivity index (χ2n) is 5.82. The van der Waals surface area contributed by atoms with Crippen LogP contribution in [-0.4, -0.2) is 32.3 Å². The number of hydrogen-bond acceptors (Lipinski definition) is 4. The number of nitrogens with two attached hydrogens (primary N) is 1. The van der Waals surface area contributed by atoms with Crippen LogP contribution in [0.4, 0.5) is 0 Å². The molecule has 1 amide bonds. The molecule has 23 heavy (non-hydrogen) atoms. The molecule has 0 radical (unpaired) electrons. The Balaban J connectivity index is 0.00000264. The van der Waals surface area contributed by atoms with Crippen LogP contribution in [-0.2, 0) is 16.1 Å². The summed E-state index contributed by atoms with van der Waals surface area (Å²) in [6.07, 6.45) is 1.36. The van der Waals surface area contributed by atoms with Crippen molar-refractivity contribution in [3.05, 3.63) is 29.3 Å². The molecule has 0 unspecified atom stereocenters. The molecule has 1 saturated heterocycles. The van der Waals surface area contributed by atoms with Crippen molar-refractivity contribution in [2.75, 3.05) is 26.4 Å². The van der Waals surface area contributed by atoms with E-state index in [-0.39, 0.29) is 18.3 Å². The molecule has 1 aliphatic heterocycles. The van der Waals surface area contributed by atoms with Gasteiger partial charge in [-0.3, -0.25) is 4.79 Å². The number of aryl methyl sites for hydroxylation is 1. The zero-order valence-corrected chi connectivity index (χ0v) is 14.7. The summed E-state index contributed by atoms with van der Waals surface area (Å²) in [5, 5.41) is 3.02. The van der Waals surface area contributed by atoms with Gasteiger partial charge in [0.25, 0.3) is 0 Å². The van der Waals surface area contributed by atoms with Gasteiger partial charge in [-0.15, -0.1) is 12.4 Å². The van der Waals surface area contributed by atoms with Gasteiger partial charge in [0.1, 0.15) is 5.75 Å². The molecule has 1 fully saturated rings. The fraction of sp³-hybridized carbons (Fsp3) is 0.588. The minimum absolute atomic E-state index is 0. The molecule has 1 aromatic rings. The Labute approximate surface area is 144 Å². The number of rotatable bonds is 6. The first-order valence-electron chi connectivity index (χ1n) is 7.90. The smallest absolute Gasteiger partial charge is 0.227 e. The van der Waals surface area contributed by atoms with Gasteiger partial charge >= 0.3 is 0 Å². The molecule has 1 aliphatic rings. The average molecular weight is 343 g/mol. The minimum atomic E-state index is -0.491. The molecular formula is C17H27ClN2O3. The lowest BCUT2D eigenvalue weighted by Crippen LogP contribution is -2.49. The minimum Gasteiger partial charge on any atom is -0.494 e. The molecule has 130 valence electrons. The Morgan fingerprint density at radius 2 is 2.09 bits per heavy atom. The lowest BCUT2D eigenvalue weighted by molar-refractivity contribution is -0.136. The number of hydrogen-bond donors (Lipinski definition) is 2. The van der Waals surface area contributed by atoms with Gasteiger partial charge in [0.2, 0.25) is 5.91 Å². The third kappa shape index (κ3) is 4.83. The molecule has 1 aromatic carbocycles. The molecule has 0 saturated carbocycles. The summed E-state index contributed by atoms with van der Waals surface area (Å²) < 4.78 is 11.0. The van der Waals surface area contributed by atoms with E-state index < -0.39 is 5.41 Å². The molecule has 1 heterocycles. The Morgan fingerprint density at radius 1 is 1.39 bits per heavy atom. The molecule has 3 N–H and O–H groups in total. The number of carbonyl (C=O) groups excluding carboxylic acids is 1. The highest BCUT2D eigenvalue weighted by Gasteiger charge is 2.38. The normalized spacial score (nSPS) is 16.3. The maximum absolute atomic E-state index is 12.6. The molecule has 0 aliphatic carbocycles. The van der Waals surface area contributed by atoms with Crippen molar-refractivity contribution in [2.45, 2.75) is 33.2 Å². The van der Waals surface area contributed by atoms with Crippen molar-refractivity contribution < 1.29 is 14.3 Å². The van der Waals surface area contributed by atoms with Gasteiger partial charge in [-0.2, -0.15) is 0 Å². The standard InChI is InChI=1S/C17H26N2O3.ClH/c1-3-22-15-10-13(2)4-5-14(15)11-19-16(20)17(12-18)6-8-21-9-7-17;/h4-5,10H,3,6-9,11-12,18H2,1-2H3,(H,19,20);1H. The number of ether oxygens (including phenoxy) is 2. The number of nitrogens with one attached hydrogen (secondary N) is 1. The highest BCUT2D eigenvalue weighted by molar-refractivity contribution is 5.85. The van der Waals surface area contributed by atoms with Crippen LogP contribution in [0.5, 0.6) is 5.75 Å². The lowest BCUT2D eigenvalue weighted by atomic mass is 9.79. The van der Waals surface area contributed by atoms with Gasteiger partial charge in [0.15, 0.2) is 0 Å². The number of carbonyl (C=O) groups is 1. The van der Waals surface area contributed by atoms with Gasteiger partial charge in [-0.1, -0.05) is 12.1 Å². The number of benzene rings is 1. The molecule has 0 spiro atoms. The number of amides is 1. The molecule has 0 atom stereocenters. The monoisotopic (exact) mass is 342 g/mol. The summed E-state index contributed by atoms with van der Waals surface area (Å²) in [7, 11) is 0. The van der Waals surface area contributed by atoms with E-state index in [1.165, 1.54) is 0 Å². The van der Waals surface area contributed by atoms with Crippen molar-refractivity contribution in [1.29, 1.82) is 0 Å². The van der Waals surface area contributed by atoms with E-state index in [4.69, 9.17) is 15.2 Å². The summed E-state index contributed by atoms with van der Waals surface area (Å²) in [5.74, 6) is 0.845. The summed E-state index contributed by atoms with van der Waals surface area (Å²) in [5.41, 5.74) is 7.50. The van der Waals surface area contributed by atoms with E-state index in [9.17, 15) is 4.79 Å². The van der Waals surface area contributed by atoms with Crippen LogP contribution >= 0.6 is 12.4 Å². The quantitative estimate of drug-likeness (QED) is 0.831. The van der Waals surface area contributed by atoms with Gasteiger partial charge in [0, 0.05) is 31.9 Å². The van der Waals surface area contributed by atoms with Crippen molar-refractivity contribution in [1.82, 2.24) is 5.32 Å². The maximum Gasteiger partial charge on any atom is 0.227 e. The van der Waals surface area contributed by atoms with E-state index in [2.05, 4.69) is 5.32 Å². The van der Waals surface area contributed by atoms with Crippen molar-refractivity contribution in [3.63, 3.8) is 0 Å². The highest BCUT2D eigenvalue weighted by Crippen LogP contribution is 2.30. The van der Waals surface area contributed by atoms with E-state index in [0.29, 0.717) is 45.8 Å². The predicted octanol–water partition coefficient (Wildman–Crippen LogP) is 2.19. The third-order valence-electron chi connectivity index (χ3n) is 4.28. The van der Waals surface area contributed by atoms with Crippen LogP contribution in [0, 0.1) is 12.3 Å². The Kier molecular flexibility index (Phi) is 7.82. The van der Waals surface area contributed by atoms with E-state index in [1.807, 2.05) is 32.0 Å². The van der Waals surface area contributed by atoms with E-state index >= 15 is 0 Å². The van der Waals surface area contributed by atoms with Gasteiger partial charge in [0.05, 0.1) is 12.0 Å². The first kappa shape index (κ1) is 19.7. The predicted molar refractivity (Wildman–Crippen MR) is 93.0 cm³/mol. The summed E-state index contributed by atoms with van der Waals surface area (Å²) in [6.45, 7) is 6.59. The van der Waals surface area contributed by atoms with Gasteiger partial charge in [-0.05, 0) is 38.3 Å². The Morgan fingerprint density at radius 3 is 2.70 bits per heavy atom. The maximum atomic E-state index is 12.6. The second-order valence-corrected chi connectivity index (χ2v) is 5.82. The van der Waals surface area contributed by atoms with Crippen LogP contribution in [0.15, 0.2) is 18.2 Å². The summed E-state index contributed by atoms with van der Waals surface area (Å²) in [6, 6.07) is 6.02. The zero-order chi connectivity index (χ0) is 16.0. The molecule has 6 heteroatoms. The number of halogens is 1. The topological polar surface area (TPSA) is 73.6 Å². The molecule has 2 rings (SSSR count). The van der Waals surface area contributed by atoms with Crippen LogP contribution in [0.1, 0.15) is 30.9 Å². The van der Waals surface area contributed by atoms with E-state index in [1.54, 1.807) is 0 Å². The first-order valence-corrected chi connectivity index (χ1v) is 7.90. The molecular weight excluding hydrogens is 316 g/mol. The SMILES string of the molecule is CCOc1cc(C)ccc1CNC(=O)C1(CN)CCOCC1.Cl. The van der Waals surface area contributed by atoms with Crippen LogP contribution in [0.25, 0.3) is 0 Å². The summed E-state index contributed by atoms with van der Waals surface area (Å²) in [4.78, 5) is 12.6. The van der Waals surface area contributed by atoms with Crippen LogP contribution in [0.3, 0.4) is 0 Å². The molecule has 5 nitrogen and oxygen atoms in total. The van der Waals surface area contributed by atoms with E-state index in [0.717, 1.165) is 16.9 Å². The molecule has 0 bridgehead atoms. The van der Waals surface area contributed by atoms with Crippen molar-refractivity contribution in [3.8, 4) is 5.75 Å². The lowest BCUT2D eigenvalue weighted by Gasteiger charge is -2.34. The summed E-state index contributed by atoms with van der Waals surface area (Å²) >= 11 is 0. The largest absolute Gasteiger partial charge is 0.494 e. The second kappa shape index (κ2) is 9.11. The Bertz CT molecular complexity index is 517. The van der Waals surface area contributed by atoms with Crippen LogP contribution < -0.4 is 15.8 Å². The molecule has 0 aromatic heterocycles. The average Bonchev–Trinajstić information content (AvgIpc) is 2.54. The fourth-order valence-corrected chi connectivity index (χ4v) is 2.75. The highest BCUT2D eigenvalue weighted by atomic mass is 35.5. The first-order chi connectivity index (χ1) is 10.6. The Hall–Kier alpha value is -1.30. The van der Waals surface area contributed by atoms with Gasteiger partial charge < -0.3 is 20.5 Å². The van der Waals surface area contributed by atoms with Crippen molar-refractivity contribution >= 4 is 18.3 Å².